The molecule has 1 amide bonds. The number of hydrogen-bond acceptors (Lipinski definition) is 5. The van der Waals surface area contributed by atoms with E-state index < -0.39 is 49.3 Å². The van der Waals surface area contributed by atoms with Crippen molar-refractivity contribution in [1.82, 2.24) is 0 Å². The molecule has 0 saturated carbocycles. The highest BCUT2D eigenvalue weighted by atomic mass is 28.4. The third kappa shape index (κ3) is 7.10. The zero-order chi connectivity index (χ0) is 30.4. The number of fused-ring (bicyclic) bond motifs is 1. The first kappa shape index (κ1) is 31.3. The Balaban J connectivity index is 2.38. The number of esters is 1. The Morgan fingerprint density at radius 2 is 1.38 bits per heavy atom. The van der Waals surface area contributed by atoms with Crippen molar-refractivity contribution in [1.29, 1.82) is 0 Å². The van der Waals surface area contributed by atoms with Crippen LogP contribution in [0.1, 0.15) is 89.8 Å². The lowest BCUT2D eigenvalue weighted by Gasteiger charge is -2.42. The molecule has 40 heavy (non-hydrogen) atoms. The molecule has 1 unspecified atom stereocenters. The van der Waals surface area contributed by atoms with E-state index in [1.54, 1.807) is 59.8 Å². The van der Waals surface area contributed by atoms with Gasteiger partial charge in [0.1, 0.15) is 28.6 Å². The standard InChI is InChI=1S/C31H41F2NO5Si/c1-29(2,3)37-27(35)22-16-21(33)17-24-26(22)25(39-40(10,11)31(7,8)9)18-23(19-12-14-20(32)15-13-19)34(24)28(36)38-30(4,5)6/h12-18,23H,1-11H3. The maximum absolute atomic E-state index is 15.3. The van der Waals surface area contributed by atoms with E-state index in [0.29, 0.717) is 11.3 Å². The van der Waals surface area contributed by atoms with Crippen LogP contribution in [0.3, 0.4) is 0 Å². The fourth-order valence-corrected chi connectivity index (χ4v) is 4.95. The molecule has 3 rings (SSSR count). The van der Waals surface area contributed by atoms with Crippen LogP contribution in [-0.2, 0) is 13.9 Å². The molecule has 0 aromatic heterocycles. The molecule has 2 aromatic carbocycles. The summed E-state index contributed by atoms with van der Waals surface area (Å²) in [5.74, 6) is -1.60. The Labute approximate surface area is 237 Å². The minimum Gasteiger partial charge on any atom is -0.543 e. The van der Waals surface area contributed by atoms with Gasteiger partial charge in [0, 0.05) is 0 Å². The summed E-state index contributed by atoms with van der Waals surface area (Å²) in [6.45, 7) is 20.7. The van der Waals surface area contributed by atoms with E-state index >= 15 is 4.39 Å². The zero-order valence-electron chi connectivity index (χ0n) is 25.4. The molecule has 0 radical (unpaired) electrons. The van der Waals surface area contributed by atoms with Gasteiger partial charge in [0.05, 0.1) is 22.9 Å². The molecular weight excluding hydrogens is 532 g/mol. The van der Waals surface area contributed by atoms with Gasteiger partial charge in [-0.1, -0.05) is 32.9 Å². The molecule has 9 heteroatoms. The summed E-state index contributed by atoms with van der Waals surface area (Å²) in [6.07, 6.45) is 0.956. The number of anilines is 1. The van der Waals surface area contributed by atoms with Crippen molar-refractivity contribution in [3.63, 3.8) is 0 Å². The number of ether oxygens (including phenoxy) is 2. The van der Waals surface area contributed by atoms with Crippen LogP contribution in [0.4, 0.5) is 19.3 Å². The van der Waals surface area contributed by atoms with Crippen LogP contribution in [0.25, 0.3) is 5.76 Å². The van der Waals surface area contributed by atoms with Crippen LogP contribution < -0.4 is 4.90 Å². The minimum atomic E-state index is -2.51. The number of amides is 1. The molecule has 1 atom stereocenters. The maximum atomic E-state index is 15.3. The van der Waals surface area contributed by atoms with Gasteiger partial charge < -0.3 is 13.9 Å². The Morgan fingerprint density at radius 3 is 1.88 bits per heavy atom. The summed E-state index contributed by atoms with van der Waals surface area (Å²) in [5.41, 5.74) is -0.895. The van der Waals surface area contributed by atoms with Crippen LogP contribution in [0.15, 0.2) is 42.5 Å². The molecule has 0 fully saturated rings. The summed E-state index contributed by atoms with van der Waals surface area (Å²) in [4.78, 5) is 28.5. The smallest absolute Gasteiger partial charge is 0.415 e. The second-order valence-corrected chi connectivity index (χ2v) is 18.3. The van der Waals surface area contributed by atoms with Gasteiger partial charge in [-0.2, -0.15) is 0 Å². The van der Waals surface area contributed by atoms with Gasteiger partial charge in [-0.05, 0) is 95.6 Å². The van der Waals surface area contributed by atoms with Crippen LogP contribution in [0.2, 0.25) is 18.1 Å². The van der Waals surface area contributed by atoms with E-state index in [2.05, 4.69) is 33.9 Å². The second kappa shape index (κ2) is 10.6. The Kier molecular flexibility index (Phi) is 8.34. The highest BCUT2D eigenvalue weighted by Gasteiger charge is 2.44. The lowest BCUT2D eigenvalue weighted by Crippen LogP contribution is -2.44. The number of halogens is 2. The fourth-order valence-electron chi connectivity index (χ4n) is 3.93. The molecule has 6 nitrogen and oxygen atoms in total. The summed E-state index contributed by atoms with van der Waals surface area (Å²) in [7, 11) is -2.51. The van der Waals surface area contributed by atoms with Gasteiger partial charge >= 0.3 is 12.1 Å². The first-order chi connectivity index (χ1) is 18.1. The van der Waals surface area contributed by atoms with E-state index in [9.17, 15) is 14.0 Å². The Hall–Kier alpha value is -3.20. The van der Waals surface area contributed by atoms with Gasteiger partial charge in [-0.15, -0.1) is 0 Å². The molecule has 1 aliphatic heterocycles. The average molecular weight is 574 g/mol. The molecule has 1 heterocycles. The summed E-state index contributed by atoms with van der Waals surface area (Å²) < 4.78 is 47.3. The summed E-state index contributed by atoms with van der Waals surface area (Å²) >= 11 is 0. The lowest BCUT2D eigenvalue weighted by molar-refractivity contribution is 0.00676. The molecule has 218 valence electrons. The predicted octanol–water partition coefficient (Wildman–Crippen LogP) is 8.78. The Bertz CT molecular complexity index is 1320. The molecule has 0 spiro atoms. The van der Waals surface area contributed by atoms with Gasteiger partial charge in [-0.3, -0.25) is 4.90 Å². The molecule has 0 aliphatic carbocycles. The number of rotatable bonds is 4. The SMILES string of the molecule is CC(C)(C)OC(=O)c1cc(F)cc2c1C(O[Si](C)(C)C(C)(C)C)=CC(c1ccc(F)cc1)N2C(=O)OC(C)(C)C. The molecule has 1 aliphatic rings. The fraction of sp³-hybridized carbons (Fsp3) is 0.484. The minimum absolute atomic E-state index is 0.0685. The van der Waals surface area contributed by atoms with E-state index in [1.807, 2.05) is 0 Å². The lowest BCUT2D eigenvalue weighted by atomic mass is 9.93. The van der Waals surface area contributed by atoms with Crippen molar-refractivity contribution >= 4 is 31.8 Å². The van der Waals surface area contributed by atoms with Crippen molar-refractivity contribution in [2.75, 3.05) is 4.90 Å². The summed E-state index contributed by atoms with van der Waals surface area (Å²) in [6, 6.07) is 7.13. The van der Waals surface area contributed by atoms with Crippen LogP contribution in [-0.4, -0.2) is 31.6 Å². The van der Waals surface area contributed by atoms with Crippen molar-refractivity contribution in [2.24, 2.45) is 0 Å². The van der Waals surface area contributed by atoms with Crippen LogP contribution in [0.5, 0.6) is 0 Å². The van der Waals surface area contributed by atoms with E-state index in [0.717, 1.165) is 6.07 Å². The predicted molar refractivity (Wildman–Crippen MR) is 156 cm³/mol. The van der Waals surface area contributed by atoms with E-state index in [4.69, 9.17) is 13.9 Å². The third-order valence-corrected chi connectivity index (χ3v) is 11.1. The second-order valence-electron chi connectivity index (χ2n) is 13.6. The number of nitrogens with zero attached hydrogens (tertiary/aromatic N) is 1. The molecule has 0 bridgehead atoms. The molecule has 2 aromatic rings. The average Bonchev–Trinajstić information content (AvgIpc) is 2.75. The third-order valence-electron chi connectivity index (χ3n) is 6.77. The van der Waals surface area contributed by atoms with Gasteiger partial charge in [-0.25, -0.2) is 18.4 Å². The van der Waals surface area contributed by atoms with Crippen molar-refractivity contribution in [3.05, 3.63) is 70.8 Å². The largest absolute Gasteiger partial charge is 0.543 e. The highest BCUT2D eigenvalue weighted by Crippen LogP contribution is 2.47. The van der Waals surface area contributed by atoms with Gasteiger partial charge in [0.2, 0.25) is 8.32 Å². The maximum Gasteiger partial charge on any atom is 0.415 e. The van der Waals surface area contributed by atoms with Crippen LogP contribution >= 0.6 is 0 Å². The van der Waals surface area contributed by atoms with Gasteiger partial charge in [0.15, 0.2) is 0 Å². The number of benzene rings is 2. The van der Waals surface area contributed by atoms with E-state index in [1.165, 1.54) is 23.1 Å². The van der Waals surface area contributed by atoms with Gasteiger partial charge in [0.25, 0.3) is 0 Å². The monoisotopic (exact) mass is 573 g/mol. The number of carbonyl (C=O) groups excluding carboxylic acids is 2. The van der Waals surface area contributed by atoms with E-state index in [-0.39, 0.29) is 21.9 Å². The van der Waals surface area contributed by atoms with Crippen molar-refractivity contribution in [3.8, 4) is 0 Å². The van der Waals surface area contributed by atoms with Crippen molar-refractivity contribution < 1.29 is 32.3 Å². The number of hydrogen-bond donors (Lipinski definition) is 0. The Morgan fingerprint density at radius 1 is 0.825 bits per heavy atom. The zero-order valence-corrected chi connectivity index (χ0v) is 26.4. The van der Waals surface area contributed by atoms with Crippen LogP contribution in [0, 0.1) is 11.6 Å². The summed E-state index contributed by atoms with van der Waals surface area (Å²) in [5, 5.41) is -0.214. The number of carbonyl (C=O) groups is 2. The molecule has 0 N–H and O–H groups in total. The molecular formula is C31H41F2NO5Si. The highest BCUT2D eigenvalue weighted by molar-refractivity contribution is 6.74. The molecule has 0 saturated heterocycles. The normalized spacial score (nSPS) is 16.2. The van der Waals surface area contributed by atoms with Crippen molar-refractivity contribution in [2.45, 2.75) is 97.7 Å². The first-order valence-electron chi connectivity index (χ1n) is 13.4. The quantitative estimate of drug-likeness (QED) is 0.270. The topological polar surface area (TPSA) is 65.1 Å². The first-order valence-corrected chi connectivity index (χ1v) is 16.3.